The van der Waals surface area contributed by atoms with E-state index in [0.717, 1.165) is 56.8 Å². The molecular weight excluding hydrogens is 1050 g/mol. The fraction of sp³-hybridized carbons (Fsp3) is 0.976. The van der Waals surface area contributed by atoms with Gasteiger partial charge in [-0.2, -0.15) is 0 Å². The predicted octanol–water partition coefficient (Wildman–Crippen LogP) is 27.3. The first-order valence-electron chi connectivity index (χ1n) is 40.8. The molecule has 0 aromatic heterocycles. The van der Waals surface area contributed by atoms with E-state index in [1.165, 1.54) is 405 Å². The van der Waals surface area contributed by atoms with Crippen molar-refractivity contribution >= 4 is 11.8 Å². The lowest BCUT2D eigenvalue weighted by Gasteiger charge is -2.24. The zero-order chi connectivity index (χ0) is 62.0. The van der Waals surface area contributed by atoms with Gasteiger partial charge in [0.15, 0.2) is 0 Å². The number of Topliss-reactive ketones (excluding diaryl/α,β-unsaturated/α-hetero) is 1. The van der Waals surface area contributed by atoms with Crippen LogP contribution in [-0.4, -0.2) is 23.0 Å². The maximum absolute atomic E-state index is 12.7. The number of carbonyl (C=O) groups is 2. The second-order valence-corrected chi connectivity index (χ2v) is 29.6. The molecule has 0 bridgehead atoms. The van der Waals surface area contributed by atoms with Crippen LogP contribution < -0.4 is 5.11 Å². The Balaban J connectivity index is 1.75. The topological polar surface area (TPSA) is 77.4 Å². The van der Waals surface area contributed by atoms with Crippen molar-refractivity contribution < 1.29 is 19.8 Å². The Kier molecular flexibility index (Phi) is 66.2. The van der Waals surface area contributed by atoms with Gasteiger partial charge in [-0.3, -0.25) is 4.79 Å². The molecule has 1 aliphatic carbocycles. The molecule has 1 aliphatic rings. The average Bonchev–Trinajstić information content (AvgIpc) is 4.49. The van der Waals surface area contributed by atoms with Crippen molar-refractivity contribution in [3.05, 3.63) is 0 Å². The summed E-state index contributed by atoms with van der Waals surface area (Å²) in [5.41, 5.74) is 0. The normalized spacial score (nSPS) is 15.2. The number of unbranched alkanes of at least 4 members (excludes halogenated alkanes) is 61. The molecule has 512 valence electrons. The third kappa shape index (κ3) is 60.7. The lowest BCUT2D eigenvalue weighted by molar-refractivity contribution is -0.314. The molecule has 4 nitrogen and oxygen atoms in total. The summed E-state index contributed by atoms with van der Waals surface area (Å²) < 4.78 is 0. The van der Waals surface area contributed by atoms with Gasteiger partial charge in [-0.15, -0.1) is 0 Å². The van der Waals surface area contributed by atoms with Crippen LogP contribution in [0.15, 0.2) is 0 Å². The van der Waals surface area contributed by atoms with Crippen molar-refractivity contribution in [2.75, 3.05) is 0 Å². The highest BCUT2D eigenvalue weighted by molar-refractivity contribution is 5.80. The van der Waals surface area contributed by atoms with Gasteiger partial charge in [0.2, 0.25) is 0 Å². The summed E-state index contributed by atoms with van der Waals surface area (Å²) in [5, 5.41) is 22.5. The van der Waals surface area contributed by atoms with E-state index in [2.05, 4.69) is 20.8 Å². The van der Waals surface area contributed by atoms with Crippen LogP contribution in [0.2, 0.25) is 0 Å². The number of aliphatic hydroxyl groups excluding tert-OH is 1. The first-order valence-corrected chi connectivity index (χ1v) is 40.8. The molecule has 2 unspecified atom stereocenters. The molecule has 1 saturated carbocycles. The Morgan fingerprint density at radius 3 is 0.767 bits per heavy atom. The van der Waals surface area contributed by atoms with Crippen LogP contribution in [0.4, 0.5) is 0 Å². The van der Waals surface area contributed by atoms with Gasteiger partial charge in [0.05, 0.1) is 6.10 Å². The minimum atomic E-state index is -1.05. The molecule has 4 heteroatoms. The average molecular weight is 1210 g/mol. The number of carboxylic acids is 1. The van der Waals surface area contributed by atoms with E-state index in [1.807, 2.05) is 0 Å². The SMILES string of the molecule is CCCCCCCCCCCCCCCCCCCCCC[C@@H](C(=O)[O-])[C@H](O)CCCCCCCCCCCCCCCCCC1CC1CCCCCCCCCCCCCCCCC(=O)[C@@H](C)CCCCCCCCCCCCCCCCCC. The zero-order valence-electron chi connectivity index (χ0n) is 59.5. The van der Waals surface area contributed by atoms with Gasteiger partial charge in [-0.1, -0.05) is 445 Å². The van der Waals surface area contributed by atoms with Crippen LogP contribution >= 0.6 is 0 Å². The minimum Gasteiger partial charge on any atom is -0.550 e. The number of aliphatic carboxylic acids is 1. The Morgan fingerprint density at radius 1 is 0.302 bits per heavy atom. The highest BCUT2D eigenvalue weighted by Gasteiger charge is 2.35. The Hall–Kier alpha value is -0.900. The molecule has 0 radical (unpaired) electrons. The second kappa shape index (κ2) is 68.5. The molecule has 0 aromatic carbocycles. The van der Waals surface area contributed by atoms with Crippen molar-refractivity contribution in [3.8, 4) is 0 Å². The Labute approximate surface area is 541 Å². The first kappa shape index (κ1) is 83.1. The maximum atomic E-state index is 12.7. The molecule has 86 heavy (non-hydrogen) atoms. The third-order valence-corrected chi connectivity index (χ3v) is 21.1. The van der Waals surface area contributed by atoms with Crippen LogP contribution in [0.5, 0.6) is 0 Å². The van der Waals surface area contributed by atoms with Gasteiger partial charge in [-0.05, 0) is 43.9 Å². The van der Waals surface area contributed by atoms with E-state index in [9.17, 15) is 19.8 Å². The fourth-order valence-corrected chi connectivity index (χ4v) is 14.6. The molecule has 0 amide bonds. The molecule has 0 heterocycles. The van der Waals surface area contributed by atoms with E-state index in [-0.39, 0.29) is 5.92 Å². The van der Waals surface area contributed by atoms with Crippen molar-refractivity contribution in [3.63, 3.8) is 0 Å². The highest BCUT2D eigenvalue weighted by Crippen LogP contribution is 2.46. The van der Waals surface area contributed by atoms with Crippen LogP contribution in [0.25, 0.3) is 0 Å². The molecule has 1 fully saturated rings. The summed E-state index contributed by atoms with van der Waals surface area (Å²) in [7, 11) is 0. The molecule has 0 aromatic rings. The number of carbonyl (C=O) groups excluding carboxylic acids is 2. The molecule has 0 spiro atoms. The number of rotatable bonds is 76. The van der Waals surface area contributed by atoms with Crippen LogP contribution in [0, 0.1) is 23.7 Å². The van der Waals surface area contributed by atoms with Crippen LogP contribution in [0.3, 0.4) is 0 Å². The number of ketones is 1. The standard InChI is InChI=1S/C82H160O4/c1-4-6-8-10-12-14-16-18-20-22-23-24-25-29-36-42-48-54-60-66-72-79(82(85)86)81(84)74-68-62-56-50-44-38-30-26-28-34-40-46-52-58-64-70-77-75-78(77)71-65-59-53-47-41-35-31-32-37-43-49-55-61-67-73-80(83)76(3)69-63-57-51-45-39-33-27-21-19-17-15-13-11-9-7-5-2/h76-79,81,84H,4-75H2,1-3H3,(H,85,86)/p-1/t76-,77?,78?,79+,81+/m0/s1. The van der Waals surface area contributed by atoms with E-state index in [4.69, 9.17) is 0 Å². The summed E-state index contributed by atoms with van der Waals surface area (Å²) in [6.07, 6.45) is 95.9. The largest absolute Gasteiger partial charge is 0.550 e. The lowest BCUT2D eigenvalue weighted by atomic mass is 9.91. The van der Waals surface area contributed by atoms with Gasteiger partial charge in [0, 0.05) is 24.2 Å². The smallest absolute Gasteiger partial charge is 0.135 e. The molecule has 5 atom stereocenters. The van der Waals surface area contributed by atoms with E-state index in [1.54, 1.807) is 0 Å². The number of hydrogen-bond donors (Lipinski definition) is 1. The lowest BCUT2D eigenvalue weighted by Crippen LogP contribution is -2.38. The minimum absolute atomic E-state index is 0.281. The van der Waals surface area contributed by atoms with Gasteiger partial charge in [0.1, 0.15) is 5.78 Å². The summed E-state index contributed by atoms with van der Waals surface area (Å²) >= 11 is 0. The van der Waals surface area contributed by atoms with Gasteiger partial charge < -0.3 is 15.0 Å². The maximum Gasteiger partial charge on any atom is 0.135 e. The van der Waals surface area contributed by atoms with Crippen LogP contribution in [-0.2, 0) is 9.59 Å². The van der Waals surface area contributed by atoms with E-state index in [0.29, 0.717) is 18.6 Å². The van der Waals surface area contributed by atoms with Crippen molar-refractivity contribution in [2.24, 2.45) is 23.7 Å². The van der Waals surface area contributed by atoms with E-state index < -0.39 is 18.0 Å². The molecular formula is C82H159O4-. The number of hydrogen-bond acceptors (Lipinski definition) is 4. The molecule has 1 N–H and O–H groups in total. The van der Waals surface area contributed by atoms with Crippen molar-refractivity contribution in [2.45, 2.75) is 489 Å². The van der Waals surface area contributed by atoms with Gasteiger partial charge >= 0.3 is 0 Å². The molecule has 1 rings (SSSR count). The Morgan fingerprint density at radius 2 is 0.512 bits per heavy atom. The Bertz CT molecular complexity index is 1330. The monoisotopic (exact) mass is 1210 g/mol. The number of aliphatic hydroxyl groups is 1. The number of carboxylic acid groups (broad SMARTS) is 1. The van der Waals surface area contributed by atoms with E-state index >= 15 is 0 Å². The quantitative estimate of drug-likeness (QED) is 0.0616. The van der Waals surface area contributed by atoms with Gasteiger partial charge in [0.25, 0.3) is 0 Å². The van der Waals surface area contributed by atoms with Gasteiger partial charge in [-0.25, -0.2) is 0 Å². The third-order valence-electron chi connectivity index (χ3n) is 21.1. The fourth-order valence-electron chi connectivity index (χ4n) is 14.6. The summed E-state index contributed by atoms with van der Waals surface area (Å²) in [6, 6.07) is 0. The summed E-state index contributed by atoms with van der Waals surface area (Å²) in [5.74, 6) is 1.22. The van der Waals surface area contributed by atoms with Crippen LogP contribution in [0.1, 0.15) is 483 Å². The molecule has 0 aliphatic heterocycles. The summed E-state index contributed by atoms with van der Waals surface area (Å²) in [6.45, 7) is 6.79. The molecule has 0 saturated heterocycles. The highest BCUT2D eigenvalue weighted by atomic mass is 16.4. The van der Waals surface area contributed by atoms with Crippen molar-refractivity contribution in [1.82, 2.24) is 0 Å². The van der Waals surface area contributed by atoms with Crippen molar-refractivity contribution in [1.29, 1.82) is 0 Å². The first-order chi connectivity index (χ1) is 42.4. The zero-order valence-corrected chi connectivity index (χ0v) is 59.5. The second-order valence-electron chi connectivity index (χ2n) is 29.6. The predicted molar refractivity (Wildman–Crippen MR) is 379 cm³/mol. The summed E-state index contributed by atoms with van der Waals surface area (Å²) in [4.78, 5) is 24.5.